The molecule has 0 N–H and O–H groups in total. The fourth-order valence-corrected chi connectivity index (χ4v) is 7.80. The van der Waals surface area contributed by atoms with Gasteiger partial charge < -0.3 is 4.74 Å². The number of amides is 2. The number of nitrogens with zero attached hydrogens (tertiary/aromatic N) is 1. The molecule has 39 heavy (non-hydrogen) atoms. The number of carbonyl (C=O) groups excluding carboxylic acids is 3. The molecule has 3 aliphatic carbocycles. The SMILES string of the molecule is O=C(CCCCCN1C(=O)[C@@H]2[C@@H](C1=O)C1(Cl)c3ccccc3C2(Cl)c2ccccc21)OCc1ccccc1Cl. The van der Waals surface area contributed by atoms with E-state index in [9.17, 15) is 14.4 Å². The van der Waals surface area contributed by atoms with Gasteiger partial charge in [-0.05, 0) is 41.2 Å². The van der Waals surface area contributed by atoms with Crippen LogP contribution in [0.15, 0.2) is 72.8 Å². The predicted molar refractivity (Wildman–Crippen MR) is 150 cm³/mol. The van der Waals surface area contributed by atoms with Gasteiger partial charge in [-0.3, -0.25) is 19.3 Å². The smallest absolute Gasteiger partial charge is 0.306 e. The highest BCUT2D eigenvalue weighted by Crippen LogP contribution is 2.69. The van der Waals surface area contributed by atoms with Crippen molar-refractivity contribution < 1.29 is 19.1 Å². The van der Waals surface area contributed by atoms with Crippen molar-refractivity contribution in [1.82, 2.24) is 4.90 Å². The van der Waals surface area contributed by atoms with Crippen LogP contribution in [-0.2, 0) is 35.5 Å². The number of imide groups is 1. The maximum atomic E-state index is 13.8. The van der Waals surface area contributed by atoms with E-state index < -0.39 is 21.6 Å². The molecule has 1 fully saturated rings. The summed E-state index contributed by atoms with van der Waals surface area (Å²) in [6.45, 7) is 0.384. The van der Waals surface area contributed by atoms with Crippen LogP contribution in [0.2, 0.25) is 5.02 Å². The first-order chi connectivity index (χ1) is 18.8. The summed E-state index contributed by atoms with van der Waals surface area (Å²) in [5.74, 6) is -2.45. The van der Waals surface area contributed by atoms with Gasteiger partial charge in [0.1, 0.15) is 16.4 Å². The second-order valence-corrected chi connectivity index (χ2v) is 12.0. The highest BCUT2D eigenvalue weighted by molar-refractivity contribution is 6.36. The van der Waals surface area contributed by atoms with Crippen molar-refractivity contribution >= 4 is 52.6 Å². The summed E-state index contributed by atoms with van der Waals surface area (Å²) in [4.78, 5) is 38.8. The van der Waals surface area contributed by atoms with Crippen molar-refractivity contribution in [3.63, 3.8) is 0 Å². The molecule has 200 valence electrons. The van der Waals surface area contributed by atoms with Gasteiger partial charge in [-0.1, -0.05) is 84.8 Å². The average molecular weight is 583 g/mol. The minimum absolute atomic E-state index is 0.128. The van der Waals surface area contributed by atoms with Crippen LogP contribution in [-0.4, -0.2) is 29.2 Å². The standard InChI is InChI=1S/C31H26Cl3NO4/c32-24-15-8-3-10-19(24)18-39-25(36)16-2-1-9-17-35-28(37)26-27(29(35)38)31(34)21-12-5-4-11-20(21)30(26,33)22-13-6-7-14-23(22)31/h3-8,10-15,26-27H,1-2,9,16-18H2/t26-,27-,30?,31?/m0/s1. The molecule has 3 aromatic carbocycles. The topological polar surface area (TPSA) is 63.7 Å². The molecule has 2 bridgehead atoms. The van der Waals surface area contributed by atoms with Gasteiger partial charge in [0.05, 0.1) is 11.8 Å². The fraction of sp³-hybridized carbons (Fsp3) is 0.323. The van der Waals surface area contributed by atoms with Crippen LogP contribution >= 0.6 is 34.8 Å². The molecule has 0 saturated carbocycles. The van der Waals surface area contributed by atoms with Crippen molar-refractivity contribution in [3.8, 4) is 0 Å². The molecular formula is C31H26Cl3NO4. The Morgan fingerprint density at radius 3 is 1.74 bits per heavy atom. The van der Waals surface area contributed by atoms with E-state index in [2.05, 4.69) is 0 Å². The van der Waals surface area contributed by atoms with Crippen LogP contribution in [0.25, 0.3) is 0 Å². The zero-order valence-electron chi connectivity index (χ0n) is 21.0. The highest BCUT2D eigenvalue weighted by Gasteiger charge is 2.72. The number of benzene rings is 3. The fourth-order valence-electron chi connectivity index (χ4n) is 6.51. The van der Waals surface area contributed by atoms with Crippen LogP contribution < -0.4 is 0 Å². The third kappa shape index (κ3) is 3.93. The lowest BCUT2D eigenvalue weighted by Crippen LogP contribution is -2.57. The van der Waals surface area contributed by atoms with Crippen LogP contribution in [0, 0.1) is 11.8 Å². The number of ether oxygens (including phenoxy) is 1. The molecule has 0 spiro atoms. The van der Waals surface area contributed by atoms with Gasteiger partial charge in [-0.2, -0.15) is 0 Å². The van der Waals surface area contributed by atoms with E-state index in [0.717, 1.165) is 27.8 Å². The largest absolute Gasteiger partial charge is 0.461 e. The summed E-state index contributed by atoms with van der Waals surface area (Å²) in [5, 5.41) is 0.558. The second-order valence-electron chi connectivity index (χ2n) is 10.4. The van der Waals surface area contributed by atoms with Gasteiger partial charge in [0.2, 0.25) is 11.8 Å². The summed E-state index contributed by atoms with van der Waals surface area (Å²) < 4.78 is 5.33. The average Bonchev–Trinajstić information content (AvgIpc) is 3.21. The van der Waals surface area contributed by atoms with Crippen molar-refractivity contribution in [2.75, 3.05) is 6.54 Å². The number of esters is 1. The first-order valence-corrected chi connectivity index (χ1v) is 14.2. The molecule has 8 heteroatoms. The minimum Gasteiger partial charge on any atom is -0.461 e. The van der Waals surface area contributed by atoms with Gasteiger partial charge in [0.15, 0.2) is 0 Å². The lowest BCUT2D eigenvalue weighted by Gasteiger charge is -2.54. The number of likely N-dealkylation sites (tertiary alicyclic amines) is 1. The van der Waals surface area contributed by atoms with Gasteiger partial charge >= 0.3 is 5.97 Å². The van der Waals surface area contributed by atoms with Crippen molar-refractivity contribution in [3.05, 3.63) is 106 Å². The summed E-state index contributed by atoms with van der Waals surface area (Å²) >= 11 is 21.0. The Bertz CT molecular complexity index is 1370. The normalized spacial score (nSPS) is 26.3. The van der Waals surface area contributed by atoms with E-state index in [-0.39, 0.29) is 37.4 Å². The molecule has 4 aliphatic rings. The van der Waals surface area contributed by atoms with E-state index in [0.29, 0.717) is 24.3 Å². The molecule has 3 aromatic rings. The van der Waals surface area contributed by atoms with E-state index in [4.69, 9.17) is 39.5 Å². The Morgan fingerprint density at radius 2 is 1.23 bits per heavy atom. The van der Waals surface area contributed by atoms with E-state index >= 15 is 0 Å². The van der Waals surface area contributed by atoms with E-state index in [1.54, 1.807) is 6.07 Å². The lowest BCUT2D eigenvalue weighted by molar-refractivity contribution is -0.145. The Morgan fingerprint density at radius 1 is 0.744 bits per heavy atom. The quantitative estimate of drug-likeness (QED) is 0.131. The molecule has 1 aliphatic heterocycles. The maximum Gasteiger partial charge on any atom is 0.306 e. The van der Waals surface area contributed by atoms with E-state index in [1.165, 1.54) is 4.90 Å². The molecule has 5 nitrogen and oxygen atoms in total. The third-order valence-electron chi connectivity index (χ3n) is 8.29. The minimum atomic E-state index is -1.17. The zero-order valence-corrected chi connectivity index (χ0v) is 23.3. The third-order valence-corrected chi connectivity index (χ3v) is 9.94. The summed E-state index contributed by atoms with van der Waals surface area (Å²) in [5.41, 5.74) is 3.92. The number of unbranched alkanes of at least 4 members (excludes halogenated alkanes) is 2. The van der Waals surface area contributed by atoms with Crippen LogP contribution in [0.5, 0.6) is 0 Å². The molecule has 1 heterocycles. The van der Waals surface area contributed by atoms with Crippen LogP contribution in [0.4, 0.5) is 0 Å². The Labute approximate surface area is 242 Å². The Hall–Kier alpha value is -2.86. The first kappa shape index (κ1) is 26.4. The van der Waals surface area contributed by atoms with Crippen LogP contribution in [0.1, 0.15) is 53.5 Å². The van der Waals surface area contributed by atoms with Gasteiger partial charge in [0.25, 0.3) is 0 Å². The number of carbonyl (C=O) groups is 3. The molecule has 0 unspecified atom stereocenters. The van der Waals surface area contributed by atoms with Crippen molar-refractivity contribution in [2.24, 2.45) is 11.8 Å². The van der Waals surface area contributed by atoms with Gasteiger partial charge in [0, 0.05) is 23.6 Å². The molecule has 0 aromatic heterocycles. The van der Waals surface area contributed by atoms with Crippen LogP contribution in [0.3, 0.4) is 0 Å². The Kier molecular flexibility index (Phi) is 6.73. The predicted octanol–water partition coefficient (Wildman–Crippen LogP) is 6.54. The number of alkyl halides is 2. The molecule has 0 radical (unpaired) electrons. The summed E-state index contributed by atoms with van der Waals surface area (Å²) in [6.07, 6.45) is 2.06. The Balaban J connectivity index is 1.13. The number of halogens is 3. The molecule has 2 amide bonds. The maximum absolute atomic E-state index is 13.8. The van der Waals surface area contributed by atoms with E-state index in [1.807, 2.05) is 66.7 Å². The number of rotatable bonds is 8. The molecular weight excluding hydrogens is 557 g/mol. The monoisotopic (exact) mass is 581 g/mol. The zero-order chi connectivity index (χ0) is 27.4. The molecule has 7 rings (SSSR count). The second kappa shape index (κ2) is 9.96. The highest BCUT2D eigenvalue weighted by atomic mass is 35.5. The van der Waals surface area contributed by atoms with Gasteiger partial charge in [-0.25, -0.2) is 0 Å². The van der Waals surface area contributed by atoms with Gasteiger partial charge in [-0.15, -0.1) is 23.2 Å². The summed E-state index contributed by atoms with van der Waals surface area (Å²) in [7, 11) is 0. The summed E-state index contributed by atoms with van der Waals surface area (Å²) in [6, 6.07) is 22.4. The first-order valence-electron chi connectivity index (χ1n) is 13.1. The van der Waals surface area contributed by atoms with Crippen molar-refractivity contribution in [1.29, 1.82) is 0 Å². The number of hydrogen-bond acceptors (Lipinski definition) is 4. The lowest BCUT2D eigenvalue weighted by atomic mass is 9.54. The molecule has 2 atom stereocenters. The molecule has 1 saturated heterocycles. The number of hydrogen-bond donors (Lipinski definition) is 0. The van der Waals surface area contributed by atoms with Crippen molar-refractivity contribution in [2.45, 2.75) is 42.0 Å².